The molecule has 1 aromatic heterocycles. The van der Waals surface area contributed by atoms with E-state index < -0.39 is 5.97 Å². The van der Waals surface area contributed by atoms with Gasteiger partial charge in [0.2, 0.25) is 0 Å². The lowest BCUT2D eigenvalue weighted by Gasteiger charge is -2.20. The second-order valence-corrected chi connectivity index (χ2v) is 5.37. The van der Waals surface area contributed by atoms with Crippen molar-refractivity contribution in [3.63, 3.8) is 0 Å². The molecule has 0 aliphatic heterocycles. The number of carboxylic acids is 1. The molecule has 1 aromatic rings. The van der Waals surface area contributed by atoms with Crippen molar-refractivity contribution in [3.05, 3.63) is 18.0 Å². The smallest absolute Gasteiger partial charge is 0.305 e. The molecule has 0 aromatic carbocycles. The van der Waals surface area contributed by atoms with E-state index in [9.17, 15) is 9.59 Å². The van der Waals surface area contributed by atoms with Gasteiger partial charge in [-0.15, -0.1) is 0 Å². The van der Waals surface area contributed by atoms with Crippen molar-refractivity contribution in [2.24, 2.45) is 0 Å². The summed E-state index contributed by atoms with van der Waals surface area (Å²) in [5.74, 6) is -1.09. The summed E-state index contributed by atoms with van der Waals surface area (Å²) in [5, 5.41) is 12.8. The Kier molecular flexibility index (Phi) is 4.69. The summed E-state index contributed by atoms with van der Waals surface area (Å²) in [4.78, 5) is 24.3. The van der Waals surface area contributed by atoms with Crippen LogP contribution in [0.3, 0.4) is 0 Å². The fourth-order valence-corrected chi connectivity index (χ4v) is 1.62. The van der Waals surface area contributed by atoms with Crippen LogP contribution in [0.1, 0.15) is 44.5 Å². The third-order valence-corrected chi connectivity index (χ3v) is 2.78. The first-order valence-electron chi connectivity index (χ1n) is 6.32. The molecular weight excluding hydrogens is 246 g/mol. The topological polar surface area (TPSA) is 75.4 Å². The highest BCUT2D eigenvalue weighted by Crippen LogP contribution is 2.14. The molecule has 0 spiro atoms. The Bertz CT molecular complexity index is 460. The fourth-order valence-electron chi connectivity index (χ4n) is 1.62. The SMILES string of the molecule is CCN(CCC(=O)O)C(=O)c1cnn(C(C)(C)C)c1. The Labute approximate surface area is 113 Å². The van der Waals surface area contributed by atoms with Gasteiger partial charge in [0.1, 0.15) is 0 Å². The van der Waals surface area contributed by atoms with Crippen LogP contribution >= 0.6 is 0 Å². The van der Waals surface area contributed by atoms with Crippen LogP contribution in [0.25, 0.3) is 0 Å². The summed E-state index contributed by atoms with van der Waals surface area (Å²) in [6.45, 7) is 8.51. The Morgan fingerprint density at radius 1 is 1.42 bits per heavy atom. The number of carboxylic acid groups (broad SMARTS) is 1. The first kappa shape index (κ1) is 15.2. The van der Waals surface area contributed by atoms with Gasteiger partial charge in [-0.3, -0.25) is 14.3 Å². The van der Waals surface area contributed by atoms with Crippen LogP contribution < -0.4 is 0 Å². The molecule has 1 N–H and O–H groups in total. The molecule has 0 atom stereocenters. The maximum Gasteiger partial charge on any atom is 0.305 e. The van der Waals surface area contributed by atoms with Crippen LogP contribution in [-0.2, 0) is 10.3 Å². The fraction of sp³-hybridized carbons (Fsp3) is 0.615. The molecule has 0 saturated heterocycles. The lowest BCUT2D eigenvalue weighted by molar-refractivity contribution is -0.137. The minimum atomic E-state index is -0.906. The highest BCUT2D eigenvalue weighted by Gasteiger charge is 2.20. The summed E-state index contributed by atoms with van der Waals surface area (Å²) >= 11 is 0. The summed E-state index contributed by atoms with van der Waals surface area (Å²) < 4.78 is 1.73. The molecule has 0 unspecified atom stereocenters. The molecule has 0 fully saturated rings. The standard InChI is InChI=1S/C13H21N3O3/c1-5-15(7-6-11(17)18)12(19)10-8-14-16(9-10)13(2,3)4/h8-9H,5-7H2,1-4H3,(H,17,18). The molecule has 1 heterocycles. The van der Waals surface area contributed by atoms with Crippen LogP contribution in [0.15, 0.2) is 12.4 Å². The molecule has 0 radical (unpaired) electrons. The van der Waals surface area contributed by atoms with E-state index in [0.29, 0.717) is 12.1 Å². The molecule has 0 aliphatic carbocycles. The Hall–Kier alpha value is -1.85. The Morgan fingerprint density at radius 3 is 2.47 bits per heavy atom. The lowest BCUT2D eigenvalue weighted by Crippen LogP contribution is -2.32. The summed E-state index contributed by atoms with van der Waals surface area (Å²) in [6, 6.07) is 0. The Morgan fingerprint density at radius 2 is 2.05 bits per heavy atom. The first-order chi connectivity index (χ1) is 8.75. The highest BCUT2D eigenvalue weighted by atomic mass is 16.4. The van der Waals surface area contributed by atoms with E-state index in [1.165, 1.54) is 11.1 Å². The van der Waals surface area contributed by atoms with Gasteiger partial charge in [-0.05, 0) is 27.7 Å². The van der Waals surface area contributed by atoms with Crippen LogP contribution in [-0.4, -0.2) is 44.8 Å². The number of aliphatic carboxylic acids is 1. The van der Waals surface area contributed by atoms with Crippen LogP contribution in [0.2, 0.25) is 0 Å². The van der Waals surface area contributed by atoms with Gasteiger partial charge >= 0.3 is 5.97 Å². The Balaban J connectivity index is 2.80. The third kappa shape index (κ3) is 4.08. The maximum atomic E-state index is 12.2. The van der Waals surface area contributed by atoms with Crippen molar-refractivity contribution in [1.29, 1.82) is 0 Å². The number of hydrogen-bond acceptors (Lipinski definition) is 3. The minimum absolute atomic E-state index is 0.0486. The summed E-state index contributed by atoms with van der Waals surface area (Å²) in [7, 11) is 0. The first-order valence-corrected chi connectivity index (χ1v) is 6.32. The van der Waals surface area contributed by atoms with Crippen molar-refractivity contribution in [2.45, 2.75) is 39.7 Å². The zero-order valence-electron chi connectivity index (χ0n) is 11.9. The van der Waals surface area contributed by atoms with E-state index in [2.05, 4.69) is 5.10 Å². The largest absolute Gasteiger partial charge is 0.481 e. The quantitative estimate of drug-likeness (QED) is 0.878. The molecule has 1 amide bonds. The van der Waals surface area contributed by atoms with Crippen LogP contribution in [0, 0.1) is 0 Å². The second-order valence-electron chi connectivity index (χ2n) is 5.37. The molecular formula is C13H21N3O3. The van der Waals surface area contributed by atoms with Crippen molar-refractivity contribution in [3.8, 4) is 0 Å². The second kappa shape index (κ2) is 5.86. The van der Waals surface area contributed by atoms with E-state index in [1.54, 1.807) is 10.9 Å². The van der Waals surface area contributed by atoms with Gasteiger partial charge < -0.3 is 10.0 Å². The predicted molar refractivity (Wildman–Crippen MR) is 71.1 cm³/mol. The zero-order valence-corrected chi connectivity index (χ0v) is 11.9. The van der Waals surface area contributed by atoms with Gasteiger partial charge in [-0.2, -0.15) is 5.10 Å². The molecule has 0 saturated carbocycles. The van der Waals surface area contributed by atoms with Crippen molar-refractivity contribution in [1.82, 2.24) is 14.7 Å². The number of carbonyl (C=O) groups excluding carboxylic acids is 1. The van der Waals surface area contributed by atoms with E-state index in [0.717, 1.165) is 0 Å². The van der Waals surface area contributed by atoms with Gasteiger partial charge in [0.25, 0.3) is 5.91 Å². The molecule has 0 bridgehead atoms. The highest BCUT2D eigenvalue weighted by molar-refractivity contribution is 5.93. The van der Waals surface area contributed by atoms with Crippen molar-refractivity contribution < 1.29 is 14.7 Å². The number of hydrogen-bond donors (Lipinski definition) is 1. The molecule has 0 aliphatic rings. The van der Waals surface area contributed by atoms with E-state index in [1.807, 2.05) is 27.7 Å². The molecule has 6 heteroatoms. The van der Waals surface area contributed by atoms with Gasteiger partial charge in [0, 0.05) is 19.3 Å². The van der Waals surface area contributed by atoms with Gasteiger partial charge in [0.05, 0.1) is 23.7 Å². The number of rotatable bonds is 5. The molecule has 106 valence electrons. The number of carbonyl (C=O) groups is 2. The van der Waals surface area contributed by atoms with Gasteiger partial charge in [0.15, 0.2) is 0 Å². The lowest BCUT2D eigenvalue weighted by atomic mass is 10.1. The maximum absolute atomic E-state index is 12.2. The van der Waals surface area contributed by atoms with Crippen molar-refractivity contribution >= 4 is 11.9 Å². The minimum Gasteiger partial charge on any atom is -0.481 e. The monoisotopic (exact) mass is 267 g/mol. The summed E-state index contributed by atoms with van der Waals surface area (Å²) in [5.41, 5.74) is 0.304. The van der Waals surface area contributed by atoms with E-state index in [-0.39, 0.29) is 24.4 Å². The van der Waals surface area contributed by atoms with Crippen LogP contribution in [0.5, 0.6) is 0 Å². The predicted octanol–water partition coefficient (Wildman–Crippen LogP) is 1.57. The van der Waals surface area contributed by atoms with Gasteiger partial charge in [-0.25, -0.2) is 0 Å². The molecule has 6 nitrogen and oxygen atoms in total. The van der Waals surface area contributed by atoms with E-state index >= 15 is 0 Å². The normalized spacial score (nSPS) is 11.4. The average molecular weight is 267 g/mol. The zero-order chi connectivity index (χ0) is 14.6. The third-order valence-electron chi connectivity index (χ3n) is 2.78. The number of amides is 1. The number of aromatic nitrogens is 2. The molecule has 19 heavy (non-hydrogen) atoms. The van der Waals surface area contributed by atoms with Crippen molar-refractivity contribution in [2.75, 3.05) is 13.1 Å². The van der Waals surface area contributed by atoms with Crippen LogP contribution in [0.4, 0.5) is 0 Å². The molecule has 1 rings (SSSR count). The number of nitrogens with zero attached hydrogens (tertiary/aromatic N) is 3. The van der Waals surface area contributed by atoms with E-state index in [4.69, 9.17) is 5.11 Å². The summed E-state index contributed by atoms with van der Waals surface area (Å²) in [6.07, 6.45) is 3.18. The average Bonchev–Trinajstić information content (AvgIpc) is 2.77. The van der Waals surface area contributed by atoms with Gasteiger partial charge in [-0.1, -0.05) is 0 Å².